The Kier molecular flexibility index (Phi) is 7.89. The van der Waals surface area contributed by atoms with Gasteiger partial charge in [0, 0.05) is 36.7 Å². The molecule has 186 valence electrons. The fourth-order valence-corrected chi connectivity index (χ4v) is 4.43. The second-order valence-corrected chi connectivity index (χ2v) is 8.83. The van der Waals surface area contributed by atoms with Crippen molar-refractivity contribution in [2.45, 2.75) is 51.1 Å². The largest absolute Gasteiger partial charge is 0.508 e. The highest BCUT2D eigenvalue weighted by Gasteiger charge is 2.35. The summed E-state index contributed by atoms with van der Waals surface area (Å²) in [5, 5.41) is 15.7. The summed E-state index contributed by atoms with van der Waals surface area (Å²) >= 11 is 0. The first-order valence-electron chi connectivity index (χ1n) is 12.0. The number of carbonyl (C=O) groups is 3. The number of rotatable bonds is 7. The highest BCUT2D eigenvalue weighted by atomic mass is 16.3. The van der Waals surface area contributed by atoms with Gasteiger partial charge in [0.2, 0.25) is 11.8 Å². The molecule has 9 nitrogen and oxygen atoms in total. The third kappa shape index (κ3) is 6.04. The van der Waals surface area contributed by atoms with Gasteiger partial charge in [-0.25, -0.2) is 4.98 Å². The molecular weight excluding hydrogens is 458 g/mol. The first kappa shape index (κ1) is 24.8. The van der Waals surface area contributed by atoms with E-state index in [1.54, 1.807) is 36.4 Å². The zero-order valence-corrected chi connectivity index (χ0v) is 20.1. The van der Waals surface area contributed by atoms with Gasteiger partial charge in [-0.05, 0) is 54.8 Å². The lowest BCUT2D eigenvalue weighted by Gasteiger charge is -2.33. The number of amides is 3. The highest BCUT2D eigenvalue weighted by molar-refractivity contribution is 6.09. The van der Waals surface area contributed by atoms with Gasteiger partial charge in [0.05, 0.1) is 6.20 Å². The SMILES string of the molecule is CC(=O)Nc1ccc(N(C(=O)c2cnccn2)[C@H](C(=O)NC2CCCCC2)c2ccc(O)cc2)cc1. The molecular formula is C27H29N5O4. The Bertz CT molecular complexity index is 1190. The number of carbonyl (C=O) groups excluding carboxylic acids is 3. The number of aromatic hydroxyl groups is 1. The van der Waals surface area contributed by atoms with Crippen LogP contribution in [-0.4, -0.2) is 38.8 Å². The average Bonchev–Trinajstić information content (AvgIpc) is 2.89. The minimum absolute atomic E-state index is 0.0291. The third-order valence-corrected chi connectivity index (χ3v) is 6.13. The Labute approximate surface area is 209 Å². The van der Waals surface area contributed by atoms with Crippen LogP contribution in [0.25, 0.3) is 0 Å². The van der Waals surface area contributed by atoms with Crippen molar-refractivity contribution in [2.24, 2.45) is 0 Å². The maximum Gasteiger partial charge on any atom is 0.279 e. The van der Waals surface area contributed by atoms with Crippen LogP contribution < -0.4 is 15.5 Å². The highest BCUT2D eigenvalue weighted by Crippen LogP contribution is 2.32. The van der Waals surface area contributed by atoms with E-state index in [4.69, 9.17) is 0 Å². The van der Waals surface area contributed by atoms with Gasteiger partial charge >= 0.3 is 0 Å². The number of hydrogen-bond acceptors (Lipinski definition) is 6. The lowest BCUT2D eigenvalue weighted by Crippen LogP contribution is -2.47. The predicted molar refractivity (Wildman–Crippen MR) is 135 cm³/mol. The maximum absolute atomic E-state index is 13.8. The number of anilines is 2. The van der Waals surface area contributed by atoms with Gasteiger partial charge < -0.3 is 15.7 Å². The van der Waals surface area contributed by atoms with Gasteiger partial charge in [-0.15, -0.1) is 0 Å². The van der Waals surface area contributed by atoms with Gasteiger partial charge in [-0.1, -0.05) is 31.4 Å². The monoisotopic (exact) mass is 487 g/mol. The van der Waals surface area contributed by atoms with Crippen LogP contribution in [0.5, 0.6) is 5.75 Å². The van der Waals surface area contributed by atoms with E-state index in [-0.39, 0.29) is 29.3 Å². The van der Waals surface area contributed by atoms with Crippen molar-refractivity contribution in [1.29, 1.82) is 0 Å². The van der Waals surface area contributed by atoms with Gasteiger partial charge in [0.1, 0.15) is 17.5 Å². The van der Waals surface area contributed by atoms with Crippen LogP contribution in [-0.2, 0) is 9.59 Å². The first-order valence-corrected chi connectivity index (χ1v) is 12.0. The van der Waals surface area contributed by atoms with Crippen molar-refractivity contribution in [3.8, 4) is 5.75 Å². The molecule has 0 saturated heterocycles. The van der Waals surface area contributed by atoms with E-state index >= 15 is 0 Å². The van der Waals surface area contributed by atoms with E-state index in [0.717, 1.165) is 32.1 Å². The molecule has 2 aromatic carbocycles. The molecule has 0 aliphatic heterocycles. The second kappa shape index (κ2) is 11.4. The summed E-state index contributed by atoms with van der Waals surface area (Å²) in [7, 11) is 0. The van der Waals surface area contributed by atoms with Crippen molar-refractivity contribution >= 4 is 29.1 Å². The fourth-order valence-electron chi connectivity index (χ4n) is 4.43. The summed E-state index contributed by atoms with van der Waals surface area (Å²) in [5.41, 5.74) is 1.62. The predicted octanol–water partition coefficient (Wildman–Crippen LogP) is 3.98. The Morgan fingerprint density at radius 1 is 0.972 bits per heavy atom. The molecule has 1 heterocycles. The molecule has 1 aliphatic rings. The number of aromatic nitrogens is 2. The Balaban J connectivity index is 1.78. The number of phenolic OH excluding ortho intramolecular Hbond substituents is 1. The van der Waals surface area contributed by atoms with Crippen molar-refractivity contribution in [3.63, 3.8) is 0 Å². The molecule has 3 amide bonds. The second-order valence-electron chi connectivity index (χ2n) is 8.83. The molecule has 0 bridgehead atoms. The van der Waals surface area contributed by atoms with E-state index in [1.807, 2.05) is 0 Å². The molecule has 0 unspecified atom stereocenters. The topological polar surface area (TPSA) is 125 Å². The van der Waals surface area contributed by atoms with E-state index < -0.39 is 11.9 Å². The number of benzene rings is 2. The quantitative estimate of drug-likeness (QED) is 0.463. The van der Waals surface area contributed by atoms with Crippen LogP contribution in [0.15, 0.2) is 67.1 Å². The molecule has 0 spiro atoms. The van der Waals surface area contributed by atoms with Crippen molar-refractivity contribution in [3.05, 3.63) is 78.4 Å². The normalized spacial score (nSPS) is 14.5. The molecule has 1 saturated carbocycles. The van der Waals surface area contributed by atoms with Crippen LogP contribution in [0.3, 0.4) is 0 Å². The van der Waals surface area contributed by atoms with E-state index in [9.17, 15) is 19.5 Å². The fraction of sp³-hybridized carbons (Fsp3) is 0.296. The van der Waals surface area contributed by atoms with Crippen LogP contribution in [0.1, 0.15) is 61.1 Å². The van der Waals surface area contributed by atoms with Gasteiger partial charge in [0.15, 0.2) is 0 Å². The summed E-state index contributed by atoms with van der Waals surface area (Å²) in [4.78, 5) is 48.6. The molecule has 1 fully saturated rings. The van der Waals surface area contributed by atoms with Gasteiger partial charge in [0.25, 0.3) is 5.91 Å². The lowest BCUT2D eigenvalue weighted by molar-refractivity contribution is -0.123. The summed E-state index contributed by atoms with van der Waals surface area (Å²) in [5.74, 6) is -0.997. The van der Waals surface area contributed by atoms with Crippen LogP contribution >= 0.6 is 0 Å². The van der Waals surface area contributed by atoms with Crippen LogP contribution in [0, 0.1) is 0 Å². The zero-order chi connectivity index (χ0) is 25.5. The molecule has 0 radical (unpaired) electrons. The molecule has 3 aromatic rings. The zero-order valence-electron chi connectivity index (χ0n) is 20.1. The summed E-state index contributed by atoms with van der Waals surface area (Å²) in [6.45, 7) is 1.41. The molecule has 36 heavy (non-hydrogen) atoms. The van der Waals surface area contributed by atoms with Crippen LogP contribution in [0.2, 0.25) is 0 Å². The van der Waals surface area contributed by atoms with Crippen LogP contribution in [0.4, 0.5) is 11.4 Å². The van der Waals surface area contributed by atoms with Crippen molar-refractivity contribution < 1.29 is 19.5 Å². The lowest BCUT2D eigenvalue weighted by atomic mass is 9.94. The molecule has 1 atom stereocenters. The maximum atomic E-state index is 13.8. The van der Waals surface area contributed by atoms with Gasteiger partial charge in [-0.3, -0.25) is 24.3 Å². The first-order chi connectivity index (χ1) is 17.4. The van der Waals surface area contributed by atoms with E-state index in [0.29, 0.717) is 16.9 Å². The summed E-state index contributed by atoms with van der Waals surface area (Å²) in [6, 6.07) is 11.9. The summed E-state index contributed by atoms with van der Waals surface area (Å²) in [6.07, 6.45) is 9.25. The number of hydrogen-bond donors (Lipinski definition) is 3. The Hall–Kier alpha value is -4.27. The van der Waals surface area contributed by atoms with Crippen molar-refractivity contribution in [1.82, 2.24) is 15.3 Å². The number of nitrogens with one attached hydrogen (secondary N) is 2. The summed E-state index contributed by atoms with van der Waals surface area (Å²) < 4.78 is 0. The number of nitrogens with zero attached hydrogens (tertiary/aromatic N) is 3. The Morgan fingerprint density at radius 3 is 2.28 bits per heavy atom. The standard InChI is InChI=1S/C27H29N5O4/c1-18(33)30-21-9-11-22(12-10-21)32(27(36)24-17-28-15-16-29-24)25(19-7-13-23(34)14-8-19)26(35)31-20-5-3-2-4-6-20/h7-17,20,25,34H,2-6H2,1H3,(H,30,33)(H,31,35)/t25-/m0/s1. The third-order valence-electron chi connectivity index (χ3n) is 6.13. The molecule has 4 rings (SSSR count). The van der Waals surface area contributed by atoms with E-state index in [1.165, 1.54) is 42.5 Å². The van der Waals surface area contributed by atoms with E-state index in [2.05, 4.69) is 20.6 Å². The van der Waals surface area contributed by atoms with Gasteiger partial charge in [-0.2, -0.15) is 0 Å². The number of phenols is 1. The molecule has 1 aliphatic carbocycles. The minimum atomic E-state index is -1.03. The Morgan fingerprint density at radius 2 is 1.67 bits per heavy atom. The average molecular weight is 488 g/mol. The minimum Gasteiger partial charge on any atom is -0.508 e. The molecule has 3 N–H and O–H groups in total. The molecule has 9 heteroatoms. The van der Waals surface area contributed by atoms with Crippen molar-refractivity contribution in [2.75, 3.05) is 10.2 Å². The smallest absolute Gasteiger partial charge is 0.279 e. The molecule has 1 aromatic heterocycles.